The molecule has 2 aliphatic heterocycles. The van der Waals surface area contributed by atoms with Gasteiger partial charge in [0.2, 0.25) is 0 Å². The highest BCUT2D eigenvalue weighted by Gasteiger charge is 2.30. The minimum atomic E-state index is -0.767. The molecule has 2 aliphatic rings. The molecule has 330 valence electrons. The topological polar surface area (TPSA) is 118 Å². The number of carbonyl (C=O) groups is 3. The number of aryl methyl sites for hydroxylation is 1. The van der Waals surface area contributed by atoms with E-state index >= 15 is 0 Å². The smallest absolute Gasteiger partial charge is 0.357 e. The van der Waals surface area contributed by atoms with Gasteiger partial charge in [-0.3, -0.25) is 14.5 Å². The van der Waals surface area contributed by atoms with Crippen molar-refractivity contribution in [3.05, 3.63) is 112 Å². The Morgan fingerprint density at radius 3 is 2.34 bits per heavy atom. The molecule has 0 bridgehead atoms. The lowest BCUT2D eigenvalue weighted by molar-refractivity contribution is 0.00611. The Kier molecular flexibility index (Phi) is 14.2. The van der Waals surface area contributed by atoms with E-state index in [9.17, 15) is 14.4 Å². The zero-order valence-corrected chi connectivity index (χ0v) is 38.8. The van der Waals surface area contributed by atoms with Crippen molar-refractivity contribution >= 4 is 60.3 Å². The second kappa shape index (κ2) is 19.6. The number of thiazole rings is 1. The number of ether oxygens (including phenoxy) is 3. The summed E-state index contributed by atoms with van der Waals surface area (Å²) in [6.45, 7) is 10.9. The second-order valence-electron chi connectivity index (χ2n) is 17.9. The van der Waals surface area contributed by atoms with Gasteiger partial charge in [0, 0.05) is 56.1 Å². The average molecular weight is 881 g/mol. The Bertz CT molecular complexity index is 2330. The molecule has 12 nitrogen and oxygen atoms in total. The molecule has 0 spiro atoms. The molecule has 2 amide bonds. The molecule has 0 atom stereocenters. The Balaban J connectivity index is 1.06. The zero-order chi connectivity index (χ0) is 44.0. The molecule has 0 aliphatic carbocycles. The van der Waals surface area contributed by atoms with Gasteiger partial charge >= 0.3 is 5.97 Å². The lowest BCUT2D eigenvalue weighted by Gasteiger charge is -2.32. The van der Waals surface area contributed by atoms with Gasteiger partial charge in [0.1, 0.15) is 23.9 Å². The first kappa shape index (κ1) is 45.0. The van der Waals surface area contributed by atoms with Gasteiger partial charge in [-0.05, 0) is 131 Å². The van der Waals surface area contributed by atoms with Crippen molar-refractivity contribution in [3.63, 3.8) is 0 Å². The van der Waals surface area contributed by atoms with Gasteiger partial charge in [0.05, 0.1) is 23.4 Å². The Labute approximate surface area is 371 Å². The van der Waals surface area contributed by atoms with Crippen LogP contribution in [0.25, 0.3) is 10.2 Å². The van der Waals surface area contributed by atoms with E-state index in [2.05, 4.69) is 41.7 Å². The summed E-state index contributed by atoms with van der Waals surface area (Å²) >= 11 is 1.48. The molecule has 62 heavy (non-hydrogen) atoms. The van der Waals surface area contributed by atoms with Gasteiger partial charge in [0.25, 0.3) is 11.8 Å². The normalized spacial score (nSPS) is 15.0. The number of piperazine rings is 1. The van der Waals surface area contributed by atoms with Gasteiger partial charge in [-0.25, -0.2) is 24.8 Å². The molecular formula is C48H60N6O6S2. The fraction of sp³-hybridized carbons (Fsp3) is 0.438. The molecule has 14 heteroatoms. The van der Waals surface area contributed by atoms with Crippen LogP contribution in [0.2, 0.25) is 0 Å². The third-order valence-corrected chi connectivity index (χ3v) is 13.4. The minimum absolute atomic E-state index is 0.0402. The number of nitrogens with zero attached hydrogens (tertiary/aromatic N) is 6. The van der Waals surface area contributed by atoms with Crippen LogP contribution in [-0.4, -0.2) is 127 Å². The largest absolute Gasteiger partial charge is 0.494 e. The van der Waals surface area contributed by atoms with E-state index < -0.39 is 21.6 Å². The molecule has 1 fully saturated rings. The summed E-state index contributed by atoms with van der Waals surface area (Å²) in [5.74, 6) is 1.65. The molecule has 0 radical (unpaired) electrons. The number of pyridine rings is 1. The molecule has 0 N–H and O–H groups in total. The monoisotopic (exact) mass is 880 g/mol. The predicted octanol–water partition coefficient (Wildman–Crippen LogP) is 7.92. The lowest BCUT2D eigenvalue weighted by Crippen LogP contribution is -2.47. The Morgan fingerprint density at radius 2 is 1.61 bits per heavy atom. The number of hydrogen-bond acceptors (Lipinski definition) is 11. The number of amides is 2. The summed E-state index contributed by atoms with van der Waals surface area (Å²) in [5, 5.41) is 0.598. The van der Waals surface area contributed by atoms with E-state index in [1.54, 1.807) is 4.90 Å². The Hall–Kier alpha value is -5.02. The lowest BCUT2D eigenvalue weighted by atomic mass is 9.94. The number of carbonyl (C=O) groups excluding carboxylic acids is 3. The summed E-state index contributed by atoms with van der Waals surface area (Å²) in [7, 11) is 1.30. The second-order valence-corrected chi connectivity index (χ2v) is 23.5. The van der Waals surface area contributed by atoms with E-state index in [0.717, 1.165) is 58.8 Å². The van der Waals surface area contributed by atoms with Gasteiger partial charge in [-0.1, -0.05) is 41.7 Å². The van der Waals surface area contributed by atoms with Crippen LogP contribution in [0.15, 0.2) is 78.9 Å². The molecule has 5 aromatic rings. The molecule has 2 aromatic heterocycles. The Morgan fingerprint density at radius 1 is 0.855 bits per heavy atom. The van der Waals surface area contributed by atoms with Gasteiger partial charge < -0.3 is 28.9 Å². The van der Waals surface area contributed by atoms with Crippen LogP contribution in [-0.2, 0) is 28.9 Å². The summed E-state index contributed by atoms with van der Waals surface area (Å²) in [5.41, 5.74) is 4.45. The van der Waals surface area contributed by atoms with E-state index in [4.69, 9.17) is 24.2 Å². The van der Waals surface area contributed by atoms with Crippen LogP contribution >= 0.6 is 21.4 Å². The molecule has 7 rings (SSSR count). The first-order valence-electron chi connectivity index (χ1n) is 21.3. The number of rotatable bonds is 15. The summed E-state index contributed by atoms with van der Waals surface area (Å²) in [6, 6.07) is 25.0. The van der Waals surface area contributed by atoms with E-state index in [1.165, 1.54) is 11.3 Å². The molecule has 0 unspecified atom stereocenters. The summed E-state index contributed by atoms with van der Waals surface area (Å²) in [4.78, 5) is 59.1. The van der Waals surface area contributed by atoms with Crippen molar-refractivity contribution in [2.45, 2.75) is 52.2 Å². The number of hydrogen-bond donors (Lipinski definition) is 0. The van der Waals surface area contributed by atoms with Gasteiger partial charge in [-0.2, -0.15) is 0 Å². The van der Waals surface area contributed by atoms with Crippen LogP contribution in [0.1, 0.15) is 75.1 Å². The number of likely N-dealkylation sites (N-methyl/N-ethyl adjacent to an activating group) is 1. The highest BCUT2D eigenvalue weighted by atomic mass is 32.3. The molecule has 0 saturated carbocycles. The van der Waals surface area contributed by atoms with E-state index in [-0.39, 0.29) is 24.2 Å². The van der Waals surface area contributed by atoms with Crippen molar-refractivity contribution in [1.29, 1.82) is 0 Å². The number of aromatic nitrogens is 2. The van der Waals surface area contributed by atoms with Gasteiger partial charge in [-0.15, -0.1) is 0 Å². The maximum atomic E-state index is 14.7. The minimum Gasteiger partial charge on any atom is -0.494 e. The van der Waals surface area contributed by atoms with E-state index in [0.29, 0.717) is 73.4 Å². The van der Waals surface area contributed by atoms with Crippen molar-refractivity contribution in [2.75, 3.05) is 94.0 Å². The zero-order valence-electron chi connectivity index (χ0n) is 37.1. The maximum Gasteiger partial charge on any atom is 0.357 e. The quantitative estimate of drug-likeness (QED) is 0.0584. The van der Waals surface area contributed by atoms with Crippen molar-refractivity contribution in [1.82, 2.24) is 19.8 Å². The average Bonchev–Trinajstić information content (AvgIpc) is 3.68. The standard InChI is InChI=1S/C48H60N6O6S2/c1-48(2,3)60-46(57)43-35(13-11-29-59-37-20-17-36(18-21-37)44(55)52-27-25-51(4)26-28-52)19-22-42(50-43)53-24-23-34-12-10-14-38(39(34)32-53)45(56)54(33-58-30-31-62(5,6)7)47-49-40-15-8-9-16-41(40)61-47/h8-10,12,14-22H,11,13,23-33H2,1-7H3. The first-order valence-corrected chi connectivity index (χ1v) is 25.2. The third kappa shape index (κ3) is 11.5. The molecule has 1 saturated heterocycles. The van der Waals surface area contributed by atoms with Gasteiger partial charge in [0.15, 0.2) is 10.8 Å². The number of esters is 1. The van der Waals surface area contributed by atoms with Crippen LogP contribution in [0, 0.1) is 0 Å². The van der Waals surface area contributed by atoms with E-state index in [1.807, 2.05) is 98.5 Å². The van der Waals surface area contributed by atoms with Crippen molar-refractivity contribution < 1.29 is 28.6 Å². The highest BCUT2D eigenvalue weighted by Crippen LogP contribution is 2.35. The maximum absolute atomic E-state index is 14.7. The molecular weight excluding hydrogens is 821 g/mol. The number of benzene rings is 3. The van der Waals surface area contributed by atoms with Crippen LogP contribution < -0.4 is 14.5 Å². The van der Waals surface area contributed by atoms with Crippen molar-refractivity contribution in [2.24, 2.45) is 0 Å². The SMILES string of the molecule is CN1CCN(C(=O)c2ccc(OCCCc3ccc(N4CCc5cccc(C(=O)N(COCCS(C)(C)C)c6nc7ccccc7s6)c5C4)nc3C(=O)OC(C)(C)C)cc2)CC1. The number of anilines is 2. The molecule has 4 heterocycles. The fourth-order valence-corrected chi connectivity index (χ4v) is 9.03. The van der Waals surface area contributed by atoms with Crippen molar-refractivity contribution in [3.8, 4) is 5.75 Å². The summed E-state index contributed by atoms with van der Waals surface area (Å²) < 4.78 is 19.1. The first-order chi connectivity index (χ1) is 29.6. The predicted molar refractivity (Wildman–Crippen MR) is 252 cm³/mol. The third-order valence-electron chi connectivity index (χ3n) is 11.0. The highest BCUT2D eigenvalue weighted by molar-refractivity contribution is 8.32. The number of fused-ring (bicyclic) bond motifs is 2. The van der Waals surface area contributed by atoms with Crippen LogP contribution in [0.5, 0.6) is 5.75 Å². The van der Waals surface area contributed by atoms with Crippen LogP contribution in [0.4, 0.5) is 10.9 Å². The van der Waals surface area contributed by atoms with Crippen LogP contribution in [0.3, 0.4) is 0 Å². The number of para-hydroxylation sites is 1. The molecule has 3 aromatic carbocycles. The fourth-order valence-electron chi connectivity index (χ4n) is 7.46. The summed E-state index contributed by atoms with van der Waals surface area (Å²) in [6.07, 6.45) is 8.65.